The van der Waals surface area contributed by atoms with Crippen molar-refractivity contribution in [3.8, 4) is 11.5 Å². The van der Waals surface area contributed by atoms with Crippen molar-refractivity contribution in [1.29, 1.82) is 0 Å². The molecule has 8 heteroatoms. The number of aromatic hydroxyl groups is 1. The standard InChI is InChI=1S/C25H31NO7/c1-7-13(3)33-25(30)20-14(4)26-16-10-12(2)19(24(29)32-6)23(28)22(16)21(20)15-8-9-17(27)18(11-15)31-5/h8-9,11-13,19,21,26-27H,7,10H2,1-6H3/t12-,13-,19+,21+/m0/s1. The Labute approximate surface area is 193 Å². The highest BCUT2D eigenvalue weighted by atomic mass is 16.5. The molecule has 3 rings (SSSR count). The zero-order valence-electron chi connectivity index (χ0n) is 19.9. The van der Waals surface area contributed by atoms with Crippen LogP contribution in [-0.4, -0.2) is 43.2 Å². The van der Waals surface area contributed by atoms with E-state index in [2.05, 4.69) is 5.32 Å². The van der Waals surface area contributed by atoms with E-state index in [9.17, 15) is 19.5 Å². The fourth-order valence-electron chi connectivity index (χ4n) is 4.49. The highest BCUT2D eigenvalue weighted by Gasteiger charge is 2.47. The summed E-state index contributed by atoms with van der Waals surface area (Å²) in [5.41, 5.74) is 2.43. The van der Waals surface area contributed by atoms with Crippen LogP contribution < -0.4 is 10.1 Å². The summed E-state index contributed by atoms with van der Waals surface area (Å²) in [6.45, 7) is 7.31. The zero-order valence-corrected chi connectivity index (χ0v) is 19.9. The molecule has 0 saturated heterocycles. The van der Waals surface area contributed by atoms with E-state index < -0.39 is 23.8 Å². The minimum absolute atomic E-state index is 0.0650. The molecule has 2 N–H and O–H groups in total. The van der Waals surface area contributed by atoms with Gasteiger partial charge in [-0.05, 0) is 50.3 Å². The largest absolute Gasteiger partial charge is 0.504 e. The monoisotopic (exact) mass is 457 g/mol. The SMILES string of the molecule is CC[C@H](C)OC(=O)C1=C(C)NC2=C(C(=O)[C@H](C(=O)OC)[C@@H](C)C2)[C@@H]1c1ccc(O)c(OC)c1. The van der Waals surface area contributed by atoms with Crippen molar-refractivity contribution in [3.63, 3.8) is 0 Å². The number of carbonyl (C=O) groups is 3. The summed E-state index contributed by atoms with van der Waals surface area (Å²) in [5, 5.41) is 13.3. The second-order valence-corrected chi connectivity index (χ2v) is 8.59. The molecule has 0 fully saturated rings. The Morgan fingerprint density at radius 1 is 1.27 bits per heavy atom. The van der Waals surface area contributed by atoms with Crippen LogP contribution in [0.1, 0.15) is 52.0 Å². The predicted molar refractivity (Wildman–Crippen MR) is 120 cm³/mol. The van der Waals surface area contributed by atoms with Gasteiger partial charge in [-0.15, -0.1) is 0 Å². The summed E-state index contributed by atoms with van der Waals surface area (Å²) >= 11 is 0. The van der Waals surface area contributed by atoms with Crippen LogP contribution in [0.15, 0.2) is 40.7 Å². The molecule has 8 nitrogen and oxygen atoms in total. The maximum atomic E-state index is 13.7. The minimum atomic E-state index is -0.970. The molecule has 1 aliphatic carbocycles. The molecule has 1 heterocycles. The topological polar surface area (TPSA) is 111 Å². The molecule has 0 spiro atoms. The lowest BCUT2D eigenvalue weighted by atomic mass is 9.69. The molecule has 0 bridgehead atoms. The molecular weight excluding hydrogens is 426 g/mol. The molecule has 1 aromatic rings. The third-order valence-electron chi connectivity index (χ3n) is 6.38. The van der Waals surface area contributed by atoms with Crippen LogP contribution in [0.4, 0.5) is 0 Å². The number of ketones is 1. The van der Waals surface area contributed by atoms with E-state index >= 15 is 0 Å². The first-order valence-corrected chi connectivity index (χ1v) is 11.0. The van der Waals surface area contributed by atoms with Crippen molar-refractivity contribution in [1.82, 2.24) is 5.32 Å². The second kappa shape index (κ2) is 9.68. The van der Waals surface area contributed by atoms with Gasteiger partial charge in [0.15, 0.2) is 17.3 Å². The molecule has 33 heavy (non-hydrogen) atoms. The van der Waals surface area contributed by atoms with Crippen molar-refractivity contribution in [2.75, 3.05) is 14.2 Å². The van der Waals surface area contributed by atoms with Crippen LogP contribution in [-0.2, 0) is 23.9 Å². The summed E-state index contributed by atoms with van der Waals surface area (Å²) in [6.07, 6.45) is 0.767. The number of nitrogens with one attached hydrogen (secondary N) is 1. The molecule has 0 unspecified atom stereocenters. The number of phenolic OH excluding ortho intramolecular Hbond substituents is 1. The van der Waals surface area contributed by atoms with Gasteiger partial charge in [0, 0.05) is 22.9 Å². The first-order chi connectivity index (χ1) is 15.6. The number of dihydropyridines is 1. The van der Waals surface area contributed by atoms with Crippen LogP contribution in [0.5, 0.6) is 11.5 Å². The van der Waals surface area contributed by atoms with Gasteiger partial charge in [-0.2, -0.15) is 0 Å². The lowest BCUT2D eigenvalue weighted by Crippen LogP contribution is -2.43. The van der Waals surface area contributed by atoms with Crippen molar-refractivity contribution in [2.45, 2.75) is 52.6 Å². The highest BCUT2D eigenvalue weighted by molar-refractivity contribution is 6.12. The van der Waals surface area contributed by atoms with Gasteiger partial charge in [0.25, 0.3) is 0 Å². The van der Waals surface area contributed by atoms with Crippen molar-refractivity contribution in [2.24, 2.45) is 11.8 Å². The summed E-state index contributed by atoms with van der Waals surface area (Å²) in [6, 6.07) is 4.69. The third kappa shape index (κ3) is 4.47. The first kappa shape index (κ1) is 24.4. The van der Waals surface area contributed by atoms with Gasteiger partial charge < -0.3 is 24.6 Å². The van der Waals surface area contributed by atoms with Crippen molar-refractivity contribution < 1.29 is 33.7 Å². The number of hydrogen-bond acceptors (Lipinski definition) is 8. The van der Waals surface area contributed by atoms with Gasteiger partial charge in [-0.3, -0.25) is 9.59 Å². The van der Waals surface area contributed by atoms with E-state index in [0.717, 1.165) is 0 Å². The summed E-state index contributed by atoms with van der Waals surface area (Å²) in [5.74, 6) is -3.42. The minimum Gasteiger partial charge on any atom is -0.504 e. The molecule has 0 amide bonds. The number of hydrogen-bond donors (Lipinski definition) is 2. The van der Waals surface area contributed by atoms with E-state index in [-0.39, 0.29) is 34.9 Å². The molecule has 178 valence electrons. The van der Waals surface area contributed by atoms with Crippen LogP contribution in [0.2, 0.25) is 0 Å². The summed E-state index contributed by atoms with van der Waals surface area (Å²) in [7, 11) is 2.68. The Morgan fingerprint density at radius 3 is 2.58 bits per heavy atom. The van der Waals surface area contributed by atoms with Gasteiger partial charge in [0.05, 0.1) is 25.9 Å². The Balaban J connectivity index is 2.20. The molecule has 4 atom stereocenters. The van der Waals surface area contributed by atoms with Gasteiger partial charge in [0.2, 0.25) is 0 Å². The number of benzene rings is 1. The fraction of sp³-hybridized carbons (Fsp3) is 0.480. The van der Waals surface area contributed by atoms with E-state index in [1.807, 2.05) is 13.8 Å². The molecule has 0 aromatic heterocycles. The maximum absolute atomic E-state index is 13.7. The van der Waals surface area contributed by atoms with Gasteiger partial charge in [-0.25, -0.2) is 4.79 Å². The Kier molecular flexibility index (Phi) is 7.15. The van der Waals surface area contributed by atoms with Gasteiger partial charge in [0.1, 0.15) is 5.92 Å². The fourth-order valence-corrected chi connectivity index (χ4v) is 4.49. The third-order valence-corrected chi connectivity index (χ3v) is 6.38. The number of rotatable bonds is 6. The average Bonchev–Trinajstić information content (AvgIpc) is 2.77. The lowest BCUT2D eigenvalue weighted by Gasteiger charge is -2.38. The Hall–Kier alpha value is -3.29. The summed E-state index contributed by atoms with van der Waals surface area (Å²) < 4.78 is 15.8. The number of Topliss-reactive ketones (excluding diaryl/α,β-unsaturated/α-hetero) is 1. The number of esters is 2. The number of phenols is 1. The predicted octanol–water partition coefficient (Wildman–Crippen LogP) is 3.36. The van der Waals surface area contributed by atoms with Gasteiger partial charge >= 0.3 is 11.9 Å². The molecule has 0 radical (unpaired) electrons. The van der Waals surface area contributed by atoms with E-state index in [0.29, 0.717) is 35.4 Å². The number of carbonyl (C=O) groups excluding carboxylic acids is 3. The van der Waals surface area contributed by atoms with E-state index in [1.54, 1.807) is 26.0 Å². The van der Waals surface area contributed by atoms with Crippen LogP contribution in [0.3, 0.4) is 0 Å². The van der Waals surface area contributed by atoms with Crippen LogP contribution in [0.25, 0.3) is 0 Å². The van der Waals surface area contributed by atoms with Crippen LogP contribution in [0, 0.1) is 11.8 Å². The second-order valence-electron chi connectivity index (χ2n) is 8.59. The number of allylic oxidation sites excluding steroid dienone is 3. The number of ether oxygens (including phenoxy) is 3. The summed E-state index contributed by atoms with van der Waals surface area (Å²) in [4.78, 5) is 39.4. The molecule has 1 aliphatic heterocycles. The normalized spacial score (nSPS) is 23.5. The lowest BCUT2D eigenvalue weighted by molar-refractivity contribution is -0.151. The van der Waals surface area contributed by atoms with E-state index in [1.165, 1.54) is 20.3 Å². The van der Waals surface area contributed by atoms with Crippen LogP contribution >= 0.6 is 0 Å². The molecule has 0 saturated carbocycles. The van der Waals surface area contributed by atoms with Crippen molar-refractivity contribution in [3.05, 3.63) is 46.3 Å². The zero-order chi connectivity index (χ0) is 24.4. The quantitative estimate of drug-likeness (QED) is 0.494. The Bertz CT molecular complexity index is 1040. The molecule has 2 aliphatic rings. The van der Waals surface area contributed by atoms with Gasteiger partial charge in [-0.1, -0.05) is 19.9 Å². The average molecular weight is 458 g/mol. The maximum Gasteiger partial charge on any atom is 0.337 e. The van der Waals surface area contributed by atoms with E-state index in [4.69, 9.17) is 14.2 Å². The molecular formula is C25H31NO7. The highest BCUT2D eigenvalue weighted by Crippen LogP contribution is 2.46. The smallest absolute Gasteiger partial charge is 0.337 e. The van der Waals surface area contributed by atoms with Crippen molar-refractivity contribution >= 4 is 17.7 Å². The Morgan fingerprint density at radius 2 is 1.97 bits per heavy atom. The first-order valence-electron chi connectivity index (χ1n) is 11.0. The molecule has 1 aromatic carbocycles. The number of methoxy groups -OCH3 is 2.